The second kappa shape index (κ2) is 18.0. The van der Waals surface area contributed by atoms with Gasteiger partial charge in [0.05, 0.1) is 17.3 Å². The van der Waals surface area contributed by atoms with E-state index in [9.17, 15) is 14.4 Å². The Morgan fingerprint density at radius 3 is 0.682 bits per heavy atom. The minimum Gasteiger partial charge on any atom is -0.512 e. The second-order valence-corrected chi connectivity index (χ2v) is 4.19. The second-order valence-electron chi connectivity index (χ2n) is 4.19. The maximum absolute atomic E-state index is 10.0. The Hall–Kier alpha value is -1.10. The average molecular weight is 463 g/mol. The molecule has 0 heterocycles. The van der Waals surface area contributed by atoms with Crippen molar-refractivity contribution in [2.24, 2.45) is 0 Å². The molecule has 0 aliphatic heterocycles. The van der Waals surface area contributed by atoms with Gasteiger partial charge in [-0.25, -0.2) is 0 Å². The van der Waals surface area contributed by atoms with Crippen LogP contribution in [0.1, 0.15) is 41.5 Å². The van der Waals surface area contributed by atoms with Gasteiger partial charge in [0.1, 0.15) is 0 Å². The van der Waals surface area contributed by atoms with E-state index in [0.29, 0.717) is 0 Å². The number of carbonyl (C=O) groups is 3. The topological polar surface area (TPSA) is 112 Å². The summed E-state index contributed by atoms with van der Waals surface area (Å²) in [6, 6.07) is 0. The zero-order valence-corrected chi connectivity index (χ0v) is 15.6. The van der Waals surface area contributed by atoms with Gasteiger partial charge in [-0.05, 0) is 41.5 Å². The van der Waals surface area contributed by atoms with Crippen LogP contribution in [0.5, 0.6) is 0 Å². The molecular weight excluding hydrogens is 439 g/mol. The first-order valence-corrected chi connectivity index (χ1v) is 6.02. The van der Waals surface area contributed by atoms with Crippen molar-refractivity contribution < 1.29 is 67.9 Å². The predicted molar refractivity (Wildman–Crippen MR) is 81.2 cm³/mol. The third kappa shape index (κ3) is 51.0. The minimum absolute atomic E-state index is 0. The molecule has 0 aliphatic carbocycles. The molecule has 0 aromatic carbocycles. The fourth-order valence-electron chi connectivity index (χ4n) is 0.882. The van der Waals surface area contributed by atoms with Gasteiger partial charge in [0.2, 0.25) is 0 Å². The molecule has 0 unspecified atom stereocenters. The van der Waals surface area contributed by atoms with E-state index < -0.39 is 0 Å². The van der Waals surface area contributed by atoms with Crippen LogP contribution < -0.4 is 0 Å². The first kappa shape index (κ1) is 29.0. The number of hydrogen-bond donors (Lipinski definition) is 3. The summed E-state index contributed by atoms with van der Waals surface area (Å²) < 4.78 is 0. The van der Waals surface area contributed by atoms with Crippen LogP contribution in [0.3, 0.4) is 0 Å². The van der Waals surface area contributed by atoms with Gasteiger partial charge < -0.3 is 15.3 Å². The Morgan fingerprint density at radius 1 is 0.545 bits per heavy atom. The van der Waals surface area contributed by atoms with Crippen LogP contribution in [0.4, 0.5) is 0 Å². The number of aliphatic hydroxyl groups is 3. The summed E-state index contributed by atoms with van der Waals surface area (Å²) in [5, 5.41) is 25.1. The molecule has 0 spiro atoms. The van der Waals surface area contributed by atoms with Crippen LogP contribution >= 0.6 is 0 Å². The van der Waals surface area contributed by atoms with Gasteiger partial charge in [-0.15, -0.1) is 0 Å². The van der Waals surface area contributed by atoms with Gasteiger partial charge in [0, 0.05) is 56.4 Å². The van der Waals surface area contributed by atoms with E-state index in [0.717, 1.165) is 0 Å². The summed E-state index contributed by atoms with van der Waals surface area (Å²) >= 11 is 0. The van der Waals surface area contributed by atoms with Crippen molar-refractivity contribution in [1.29, 1.82) is 0 Å². The van der Waals surface area contributed by atoms with E-state index in [1.165, 1.54) is 59.8 Å². The van der Waals surface area contributed by atoms with Crippen LogP contribution in [-0.2, 0) is 14.4 Å². The van der Waals surface area contributed by atoms with Gasteiger partial charge in [0.15, 0.2) is 17.3 Å². The van der Waals surface area contributed by atoms with Crippen molar-refractivity contribution in [3.05, 3.63) is 35.5 Å². The number of allylic oxidation sites excluding steroid dienone is 6. The Bertz CT molecular complexity index is 368. The van der Waals surface area contributed by atoms with Crippen molar-refractivity contribution in [3.8, 4) is 0 Å². The molecule has 0 saturated carbocycles. The van der Waals surface area contributed by atoms with Crippen LogP contribution in [-0.4, -0.2) is 32.7 Å². The summed E-state index contributed by atoms with van der Waals surface area (Å²) in [4.78, 5) is 30.1. The van der Waals surface area contributed by atoms with Crippen molar-refractivity contribution in [1.82, 2.24) is 0 Å². The van der Waals surface area contributed by atoms with Gasteiger partial charge >= 0.3 is 0 Å². The summed E-state index contributed by atoms with van der Waals surface area (Å²) in [6.07, 6.45) is 3.50. The number of aliphatic hydroxyl groups excluding tert-OH is 3. The smallest absolute Gasteiger partial charge is 0.155 e. The largest absolute Gasteiger partial charge is 0.512 e. The Labute approximate surface area is 161 Å². The fraction of sp³-hybridized carbons (Fsp3) is 0.400. The molecular formula is C15H24DyO6. The fourth-order valence-corrected chi connectivity index (χ4v) is 0.882. The molecule has 130 valence electrons. The van der Waals surface area contributed by atoms with E-state index in [4.69, 9.17) is 15.3 Å². The molecule has 0 bridgehead atoms. The predicted octanol–water partition coefficient (Wildman–Crippen LogP) is 3.11. The molecule has 6 nitrogen and oxygen atoms in total. The van der Waals surface area contributed by atoms with Crippen LogP contribution in [0.15, 0.2) is 35.5 Å². The maximum atomic E-state index is 10.0. The minimum atomic E-state index is -0.125. The van der Waals surface area contributed by atoms with E-state index >= 15 is 0 Å². The summed E-state index contributed by atoms with van der Waals surface area (Å²) in [6.45, 7) is 8.54. The SMILES string of the molecule is CC(=O)/C=C(/C)O.CC(=O)/C=C(/C)O.CC(=O)/C=C(\C)O.[Dy]. The first-order chi connectivity index (χ1) is 9.38. The third-order valence-corrected chi connectivity index (χ3v) is 1.24. The molecule has 0 aromatic heterocycles. The molecule has 0 aromatic rings. The zero-order chi connectivity index (χ0) is 17.6. The monoisotopic (exact) mass is 464 g/mol. The molecule has 7 heteroatoms. The molecule has 0 aliphatic rings. The summed E-state index contributed by atoms with van der Waals surface area (Å²) in [5.41, 5.74) is 0. The molecule has 0 radical (unpaired) electrons. The molecule has 0 rings (SSSR count). The quantitative estimate of drug-likeness (QED) is 0.439. The average Bonchev–Trinajstić information content (AvgIpc) is 2.10. The first-order valence-electron chi connectivity index (χ1n) is 6.02. The Kier molecular flexibility index (Phi) is 23.6. The normalized spacial score (nSPS) is 10.9. The van der Waals surface area contributed by atoms with E-state index in [-0.39, 0.29) is 72.8 Å². The van der Waals surface area contributed by atoms with Gasteiger partial charge in [-0.1, -0.05) is 0 Å². The van der Waals surface area contributed by atoms with Gasteiger partial charge in [0.25, 0.3) is 0 Å². The maximum Gasteiger partial charge on any atom is 0.155 e. The van der Waals surface area contributed by atoms with Crippen molar-refractivity contribution in [2.75, 3.05) is 0 Å². The summed E-state index contributed by atoms with van der Waals surface area (Å²) in [7, 11) is 0. The number of ketones is 3. The Morgan fingerprint density at radius 2 is 0.682 bits per heavy atom. The van der Waals surface area contributed by atoms with E-state index in [1.54, 1.807) is 0 Å². The standard InChI is InChI=1S/3C5H8O2.Dy/c3*1-4(6)3-5(2)7;/h3*3,6H,1-2H3;/b4-3+;2*4-3-;. The molecule has 0 fully saturated rings. The molecule has 0 atom stereocenters. The molecule has 0 amide bonds. The van der Waals surface area contributed by atoms with Gasteiger partial charge in [-0.3, -0.25) is 14.4 Å². The third-order valence-electron chi connectivity index (χ3n) is 1.24. The zero-order valence-electron chi connectivity index (χ0n) is 13.6. The van der Waals surface area contributed by atoms with E-state index in [2.05, 4.69) is 0 Å². The molecule has 22 heavy (non-hydrogen) atoms. The number of hydrogen-bond acceptors (Lipinski definition) is 6. The van der Waals surface area contributed by atoms with Crippen molar-refractivity contribution in [2.45, 2.75) is 41.5 Å². The molecule has 0 saturated heterocycles. The molecule has 3 N–H and O–H groups in total. The van der Waals surface area contributed by atoms with Crippen LogP contribution in [0.25, 0.3) is 0 Å². The van der Waals surface area contributed by atoms with Crippen molar-refractivity contribution >= 4 is 17.3 Å². The number of rotatable bonds is 3. The van der Waals surface area contributed by atoms with E-state index in [1.807, 2.05) is 0 Å². The van der Waals surface area contributed by atoms with Crippen LogP contribution in [0, 0.1) is 38.2 Å². The van der Waals surface area contributed by atoms with Crippen LogP contribution in [0.2, 0.25) is 0 Å². The van der Waals surface area contributed by atoms with Crippen molar-refractivity contribution in [3.63, 3.8) is 0 Å². The summed E-state index contributed by atoms with van der Waals surface area (Å²) in [5.74, 6) is -0.187. The number of carbonyl (C=O) groups excluding carboxylic acids is 3. The Balaban J connectivity index is -0.000000108. The van der Waals surface area contributed by atoms with Gasteiger partial charge in [-0.2, -0.15) is 0 Å².